The van der Waals surface area contributed by atoms with Gasteiger partial charge in [-0.1, -0.05) is 30.4 Å². The lowest BCUT2D eigenvalue weighted by atomic mass is 9.79. The van der Waals surface area contributed by atoms with Crippen LogP contribution in [0.15, 0.2) is 42.5 Å². The molecule has 5 N–H and O–H groups in total. The van der Waals surface area contributed by atoms with E-state index in [1.807, 2.05) is 12.2 Å². The van der Waals surface area contributed by atoms with Gasteiger partial charge in [0.15, 0.2) is 11.6 Å². The van der Waals surface area contributed by atoms with E-state index in [4.69, 9.17) is 5.73 Å². The number of nitrogens with two attached hydrogens (primary N) is 1. The molecule has 3 rings (SSSR count). The van der Waals surface area contributed by atoms with Crippen molar-refractivity contribution in [1.82, 2.24) is 16.0 Å². The summed E-state index contributed by atoms with van der Waals surface area (Å²) in [5.74, 6) is -2.06. The van der Waals surface area contributed by atoms with E-state index in [-0.39, 0.29) is 23.9 Å². The number of carbonyl (C=O) groups is 1. The van der Waals surface area contributed by atoms with Gasteiger partial charge < -0.3 is 21.7 Å². The Morgan fingerprint density at radius 3 is 2.86 bits per heavy atom. The van der Waals surface area contributed by atoms with Gasteiger partial charge in [0, 0.05) is 25.2 Å². The summed E-state index contributed by atoms with van der Waals surface area (Å²) in [7, 11) is 0. The van der Waals surface area contributed by atoms with Crippen molar-refractivity contribution < 1.29 is 13.6 Å². The molecule has 3 unspecified atom stereocenters. The van der Waals surface area contributed by atoms with Gasteiger partial charge in [-0.25, -0.2) is 8.78 Å². The van der Waals surface area contributed by atoms with Crippen LogP contribution in [0.4, 0.5) is 8.78 Å². The number of rotatable bonds is 7. The van der Waals surface area contributed by atoms with E-state index in [9.17, 15) is 13.6 Å². The molecule has 0 radical (unpaired) electrons. The Kier molecular flexibility index (Phi) is 6.93. The maximum atomic E-state index is 13.2. The molecule has 1 aromatic rings. The zero-order valence-corrected chi connectivity index (χ0v) is 15.9. The first kappa shape index (κ1) is 20.6. The minimum Gasteiger partial charge on any atom is -0.355 e. The van der Waals surface area contributed by atoms with E-state index in [0.717, 1.165) is 37.9 Å². The lowest BCUT2D eigenvalue weighted by Gasteiger charge is -2.41. The van der Waals surface area contributed by atoms with Gasteiger partial charge in [0.25, 0.3) is 0 Å². The van der Waals surface area contributed by atoms with Crippen LogP contribution in [-0.2, 0) is 11.2 Å². The molecule has 1 amide bonds. The third kappa shape index (κ3) is 5.47. The molecule has 0 bridgehead atoms. The van der Waals surface area contributed by atoms with Crippen molar-refractivity contribution in [2.75, 3.05) is 19.6 Å². The number of nitrogens with one attached hydrogen (secondary N) is 3. The summed E-state index contributed by atoms with van der Waals surface area (Å²) in [6.45, 7) is 2.03. The van der Waals surface area contributed by atoms with Crippen molar-refractivity contribution in [1.29, 1.82) is 0 Å². The summed E-state index contributed by atoms with van der Waals surface area (Å²) in [4.78, 5) is 12.0. The first-order valence-corrected chi connectivity index (χ1v) is 9.77. The molecule has 1 fully saturated rings. The maximum Gasteiger partial charge on any atom is 0.224 e. The number of carbonyl (C=O) groups excluding carboxylic acids is 1. The number of hydrogen-bond acceptors (Lipinski definition) is 4. The molecule has 0 saturated carbocycles. The molecule has 1 heterocycles. The zero-order valence-electron chi connectivity index (χ0n) is 15.9. The molecule has 1 aliphatic heterocycles. The number of piperidine rings is 1. The first-order chi connectivity index (χ1) is 13.5. The predicted molar refractivity (Wildman–Crippen MR) is 106 cm³/mol. The Bertz CT molecular complexity index is 752. The van der Waals surface area contributed by atoms with Crippen LogP contribution < -0.4 is 21.7 Å². The molecule has 28 heavy (non-hydrogen) atoms. The fraction of sp³-hybridized carbons (Fsp3) is 0.476. The van der Waals surface area contributed by atoms with Crippen molar-refractivity contribution in [3.8, 4) is 0 Å². The van der Waals surface area contributed by atoms with Gasteiger partial charge in [0.05, 0.1) is 12.0 Å². The third-order valence-electron chi connectivity index (χ3n) is 5.41. The highest BCUT2D eigenvalue weighted by Gasteiger charge is 2.35. The normalized spacial score (nSPS) is 27.0. The van der Waals surface area contributed by atoms with Crippen LogP contribution in [0.1, 0.15) is 24.8 Å². The maximum absolute atomic E-state index is 13.2. The molecule has 7 heteroatoms. The first-order valence-electron chi connectivity index (χ1n) is 9.77. The van der Waals surface area contributed by atoms with Gasteiger partial charge in [0.1, 0.15) is 0 Å². The summed E-state index contributed by atoms with van der Waals surface area (Å²) in [6.07, 6.45) is 11.0. The molecule has 3 atom stereocenters. The molecule has 1 saturated heterocycles. The standard InChI is InChI=1S/C21H28F2N4O/c22-17-5-4-15(12-18(17)23)13-20(28)27-11-10-25-16-6-9-26-19(14-16)21(24)7-2-1-3-8-21/h1-5,7,12,16,19,25-26H,6,8-11,13-14,24H2,(H,27,28). The van der Waals surface area contributed by atoms with Crippen LogP contribution in [0.5, 0.6) is 0 Å². The van der Waals surface area contributed by atoms with Crippen LogP contribution >= 0.6 is 0 Å². The van der Waals surface area contributed by atoms with Crippen molar-refractivity contribution in [2.24, 2.45) is 5.73 Å². The van der Waals surface area contributed by atoms with Gasteiger partial charge in [-0.3, -0.25) is 4.79 Å². The Hall–Kier alpha value is -2.09. The lowest BCUT2D eigenvalue weighted by Crippen LogP contribution is -2.61. The topological polar surface area (TPSA) is 79.2 Å². The van der Waals surface area contributed by atoms with Crippen LogP contribution in [0, 0.1) is 11.6 Å². The minimum atomic E-state index is -0.937. The number of hydrogen-bond donors (Lipinski definition) is 4. The third-order valence-corrected chi connectivity index (χ3v) is 5.41. The Labute approximate surface area is 164 Å². The van der Waals surface area contributed by atoms with Gasteiger partial charge in [-0.15, -0.1) is 0 Å². The van der Waals surface area contributed by atoms with E-state index in [2.05, 4.69) is 28.1 Å². The van der Waals surface area contributed by atoms with Crippen molar-refractivity contribution in [3.05, 3.63) is 59.7 Å². The summed E-state index contributed by atoms with van der Waals surface area (Å²) >= 11 is 0. The van der Waals surface area contributed by atoms with Gasteiger partial charge in [-0.2, -0.15) is 0 Å². The highest BCUT2D eigenvalue weighted by Crippen LogP contribution is 2.24. The van der Waals surface area contributed by atoms with Crippen molar-refractivity contribution in [2.45, 2.75) is 43.3 Å². The Morgan fingerprint density at radius 2 is 2.11 bits per heavy atom. The fourth-order valence-corrected chi connectivity index (χ4v) is 3.80. The van der Waals surface area contributed by atoms with Crippen LogP contribution in [0.25, 0.3) is 0 Å². The minimum absolute atomic E-state index is 0.0299. The second-order valence-corrected chi connectivity index (χ2v) is 7.56. The molecular weight excluding hydrogens is 362 g/mol. The summed E-state index contributed by atoms with van der Waals surface area (Å²) in [6, 6.07) is 4.06. The number of amides is 1. The molecule has 1 aromatic carbocycles. The summed E-state index contributed by atoms with van der Waals surface area (Å²) in [5, 5.41) is 9.82. The van der Waals surface area contributed by atoms with E-state index in [1.54, 1.807) is 0 Å². The summed E-state index contributed by atoms with van der Waals surface area (Å²) < 4.78 is 26.1. The fourth-order valence-electron chi connectivity index (χ4n) is 3.80. The van der Waals surface area contributed by atoms with Gasteiger partial charge >= 0.3 is 0 Å². The number of benzene rings is 1. The monoisotopic (exact) mass is 390 g/mol. The van der Waals surface area contributed by atoms with Gasteiger partial charge in [-0.05, 0) is 43.5 Å². The number of allylic oxidation sites excluding steroid dienone is 2. The van der Waals surface area contributed by atoms with Crippen molar-refractivity contribution >= 4 is 5.91 Å². The van der Waals surface area contributed by atoms with E-state index < -0.39 is 11.6 Å². The van der Waals surface area contributed by atoms with E-state index >= 15 is 0 Å². The largest absolute Gasteiger partial charge is 0.355 e. The lowest BCUT2D eigenvalue weighted by molar-refractivity contribution is -0.120. The van der Waals surface area contributed by atoms with Crippen LogP contribution in [0.3, 0.4) is 0 Å². The van der Waals surface area contributed by atoms with Crippen LogP contribution in [-0.4, -0.2) is 43.2 Å². The van der Waals surface area contributed by atoms with Gasteiger partial charge in [0.2, 0.25) is 5.91 Å². The molecule has 152 valence electrons. The smallest absolute Gasteiger partial charge is 0.224 e. The molecule has 1 aliphatic carbocycles. The second-order valence-electron chi connectivity index (χ2n) is 7.56. The van der Waals surface area contributed by atoms with Crippen LogP contribution in [0.2, 0.25) is 0 Å². The highest BCUT2D eigenvalue weighted by molar-refractivity contribution is 5.78. The summed E-state index contributed by atoms with van der Waals surface area (Å²) in [5.41, 5.74) is 6.65. The highest BCUT2D eigenvalue weighted by atomic mass is 19.2. The molecule has 0 aromatic heterocycles. The van der Waals surface area contributed by atoms with E-state index in [0.29, 0.717) is 24.7 Å². The molecule has 5 nitrogen and oxygen atoms in total. The predicted octanol–water partition coefficient (Wildman–Crippen LogP) is 1.55. The zero-order chi connectivity index (χ0) is 20.0. The molecular formula is C21H28F2N4O. The average molecular weight is 390 g/mol. The average Bonchev–Trinajstić information content (AvgIpc) is 2.69. The SMILES string of the molecule is NC1(C2CC(NCCNC(=O)Cc3ccc(F)c(F)c3)CCN2)C=CC=CC1. The molecule has 0 spiro atoms. The van der Waals surface area contributed by atoms with E-state index in [1.165, 1.54) is 6.07 Å². The Balaban J connectivity index is 1.37. The second kappa shape index (κ2) is 9.41. The quantitative estimate of drug-likeness (QED) is 0.533. The van der Waals surface area contributed by atoms with Crippen molar-refractivity contribution in [3.63, 3.8) is 0 Å². The molecule has 2 aliphatic rings. The Morgan fingerprint density at radius 1 is 1.25 bits per heavy atom. The number of halogens is 2.